The standard InChI is InChI=1S/C17H25NO/c1-11-9-17(19)12(2)8-16(11)18-15-5-3-4-14(10-15)13-6-7-13/h8-9,13-15,18-19H,3-7,10H2,1-2H3. The van der Waals surface area contributed by atoms with Crippen LogP contribution in [0, 0.1) is 25.7 Å². The SMILES string of the molecule is Cc1cc(NC2CCCC(C3CC3)C2)c(C)cc1O. The molecule has 0 amide bonds. The molecule has 2 unspecified atom stereocenters. The van der Waals surface area contributed by atoms with E-state index in [1.165, 1.54) is 44.2 Å². The molecule has 2 atom stereocenters. The molecule has 2 nitrogen and oxygen atoms in total. The highest BCUT2D eigenvalue weighted by Gasteiger charge is 2.34. The molecule has 2 N–H and O–H groups in total. The predicted molar refractivity (Wildman–Crippen MR) is 79.7 cm³/mol. The molecule has 0 spiro atoms. The average Bonchev–Trinajstić information content (AvgIpc) is 3.20. The van der Waals surface area contributed by atoms with E-state index >= 15 is 0 Å². The topological polar surface area (TPSA) is 32.3 Å². The molecule has 104 valence electrons. The second-order valence-corrected chi connectivity index (χ2v) is 6.56. The van der Waals surface area contributed by atoms with E-state index in [4.69, 9.17) is 0 Å². The van der Waals surface area contributed by atoms with E-state index in [0.29, 0.717) is 11.8 Å². The van der Waals surface area contributed by atoms with Gasteiger partial charge in [-0.05, 0) is 74.6 Å². The lowest BCUT2D eigenvalue weighted by Gasteiger charge is -2.31. The fourth-order valence-corrected chi connectivity index (χ4v) is 3.53. The molecule has 0 heterocycles. The largest absolute Gasteiger partial charge is 0.508 e. The van der Waals surface area contributed by atoms with Crippen molar-refractivity contribution in [2.24, 2.45) is 11.8 Å². The normalized spacial score (nSPS) is 27.3. The molecular formula is C17H25NO. The average molecular weight is 259 g/mol. The predicted octanol–water partition coefficient (Wildman–Crippen LogP) is 4.39. The molecule has 3 rings (SSSR count). The van der Waals surface area contributed by atoms with Crippen molar-refractivity contribution in [2.75, 3.05) is 5.32 Å². The van der Waals surface area contributed by atoms with E-state index in [9.17, 15) is 5.11 Å². The van der Waals surface area contributed by atoms with Crippen molar-refractivity contribution in [1.82, 2.24) is 0 Å². The van der Waals surface area contributed by atoms with E-state index in [1.54, 1.807) is 0 Å². The van der Waals surface area contributed by atoms with Crippen LogP contribution >= 0.6 is 0 Å². The molecule has 19 heavy (non-hydrogen) atoms. The van der Waals surface area contributed by atoms with Gasteiger partial charge in [-0.2, -0.15) is 0 Å². The number of hydrogen-bond acceptors (Lipinski definition) is 2. The van der Waals surface area contributed by atoms with Gasteiger partial charge < -0.3 is 10.4 Å². The van der Waals surface area contributed by atoms with Crippen molar-refractivity contribution in [3.05, 3.63) is 23.3 Å². The first kappa shape index (κ1) is 12.8. The lowest BCUT2D eigenvalue weighted by molar-refractivity contribution is 0.303. The smallest absolute Gasteiger partial charge is 0.118 e. The van der Waals surface area contributed by atoms with Crippen molar-refractivity contribution >= 4 is 5.69 Å². The highest BCUT2D eigenvalue weighted by Crippen LogP contribution is 2.44. The van der Waals surface area contributed by atoms with Gasteiger partial charge >= 0.3 is 0 Å². The van der Waals surface area contributed by atoms with Crippen LogP contribution in [0.5, 0.6) is 5.75 Å². The Kier molecular flexibility index (Phi) is 3.42. The number of phenolic OH excluding ortho intramolecular Hbond substituents is 1. The number of nitrogens with one attached hydrogen (secondary N) is 1. The Balaban J connectivity index is 1.68. The number of hydrogen-bond donors (Lipinski definition) is 2. The lowest BCUT2D eigenvalue weighted by atomic mass is 9.82. The third kappa shape index (κ3) is 2.88. The maximum Gasteiger partial charge on any atom is 0.118 e. The zero-order valence-electron chi connectivity index (χ0n) is 12.1. The minimum Gasteiger partial charge on any atom is -0.508 e. The van der Waals surface area contributed by atoms with Gasteiger partial charge in [0.2, 0.25) is 0 Å². The molecule has 2 aliphatic carbocycles. The number of aryl methyl sites for hydroxylation is 2. The molecule has 2 heteroatoms. The molecule has 1 aromatic rings. The summed E-state index contributed by atoms with van der Waals surface area (Å²) >= 11 is 0. The molecule has 0 saturated heterocycles. The number of rotatable bonds is 3. The van der Waals surface area contributed by atoms with Gasteiger partial charge in [-0.25, -0.2) is 0 Å². The van der Waals surface area contributed by atoms with Crippen LogP contribution in [0.1, 0.15) is 49.7 Å². The monoisotopic (exact) mass is 259 g/mol. The minimum atomic E-state index is 0.405. The molecule has 1 aromatic carbocycles. The second kappa shape index (κ2) is 5.07. The van der Waals surface area contributed by atoms with E-state index in [0.717, 1.165) is 23.0 Å². The van der Waals surface area contributed by atoms with Crippen LogP contribution in [0.25, 0.3) is 0 Å². The summed E-state index contributed by atoms with van der Waals surface area (Å²) < 4.78 is 0. The van der Waals surface area contributed by atoms with Crippen LogP contribution in [0.4, 0.5) is 5.69 Å². The van der Waals surface area contributed by atoms with Crippen LogP contribution in [0.3, 0.4) is 0 Å². The number of anilines is 1. The summed E-state index contributed by atoms with van der Waals surface area (Å²) in [6.45, 7) is 4.04. The number of benzene rings is 1. The lowest BCUT2D eigenvalue weighted by Crippen LogP contribution is -2.28. The van der Waals surface area contributed by atoms with Gasteiger partial charge in [0.1, 0.15) is 5.75 Å². The maximum atomic E-state index is 9.73. The molecule has 0 radical (unpaired) electrons. The quantitative estimate of drug-likeness (QED) is 0.789. The number of aromatic hydroxyl groups is 1. The van der Waals surface area contributed by atoms with Gasteiger partial charge in [-0.1, -0.05) is 12.8 Å². The molecule has 0 aliphatic heterocycles. The minimum absolute atomic E-state index is 0.405. The Morgan fingerprint density at radius 3 is 2.53 bits per heavy atom. The van der Waals surface area contributed by atoms with Crippen molar-refractivity contribution in [3.8, 4) is 5.75 Å². The van der Waals surface area contributed by atoms with Crippen molar-refractivity contribution < 1.29 is 5.11 Å². The van der Waals surface area contributed by atoms with Crippen LogP contribution in [0.2, 0.25) is 0 Å². The summed E-state index contributed by atoms with van der Waals surface area (Å²) in [5.41, 5.74) is 3.32. The van der Waals surface area contributed by atoms with Crippen LogP contribution < -0.4 is 5.32 Å². The van der Waals surface area contributed by atoms with E-state index in [-0.39, 0.29) is 0 Å². The zero-order valence-corrected chi connectivity index (χ0v) is 12.1. The Bertz CT molecular complexity index is 465. The summed E-state index contributed by atoms with van der Waals surface area (Å²) in [4.78, 5) is 0. The molecule has 0 aromatic heterocycles. The Morgan fingerprint density at radius 2 is 1.79 bits per heavy atom. The Labute approximate surface area is 116 Å². The van der Waals surface area contributed by atoms with Crippen molar-refractivity contribution in [2.45, 2.75) is 58.4 Å². The van der Waals surface area contributed by atoms with E-state index in [1.807, 2.05) is 13.0 Å². The van der Waals surface area contributed by atoms with Crippen molar-refractivity contribution in [3.63, 3.8) is 0 Å². The van der Waals surface area contributed by atoms with Crippen LogP contribution in [0.15, 0.2) is 12.1 Å². The highest BCUT2D eigenvalue weighted by molar-refractivity contribution is 5.57. The van der Waals surface area contributed by atoms with Gasteiger partial charge in [0, 0.05) is 11.7 Å². The Morgan fingerprint density at radius 1 is 1.00 bits per heavy atom. The van der Waals surface area contributed by atoms with E-state index in [2.05, 4.69) is 18.3 Å². The molecule has 2 saturated carbocycles. The molecular weight excluding hydrogens is 234 g/mol. The Hall–Kier alpha value is -1.18. The van der Waals surface area contributed by atoms with Gasteiger partial charge in [0.15, 0.2) is 0 Å². The zero-order chi connectivity index (χ0) is 13.4. The van der Waals surface area contributed by atoms with Crippen LogP contribution in [-0.4, -0.2) is 11.1 Å². The van der Waals surface area contributed by atoms with Gasteiger partial charge in [-0.15, -0.1) is 0 Å². The summed E-state index contributed by atoms with van der Waals surface area (Å²) in [7, 11) is 0. The first-order valence-corrected chi connectivity index (χ1v) is 7.70. The fourth-order valence-electron chi connectivity index (χ4n) is 3.53. The summed E-state index contributed by atoms with van der Waals surface area (Å²) in [6, 6.07) is 4.59. The summed E-state index contributed by atoms with van der Waals surface area (Å²) in [5.74, 6) is 2.40. The fraction of sp³-hybridized carbons (Fsp3) is 0.647. The maximum absolute atomic E-state index is 9.73. The second-order valence-electron chi connectivity index (χ2n) is 6.56. The first-order valence-electron chi connectivity index (χ1n) is 7.70. The molecule has 2 aliphatic rings. The van der Waals surface area contributed by atoms with E-state index < -0.39 is 0 Å². The first-order chi connectivity index (χ1) is 9.13. The third-order valence-electron chi connectivity index (χ3n) is 4.91. The van der Waals surface area contributed by atoms with Crippen molar-refractivity contribution in [1.29, 1.82) is 0 Å². The number of phenols is 1. The third-order valence-corrected chi connectivity index (χ3v) is 4.91. The van der Waals surface area contributed by atoms with Gasteiger partial charge in [0.25, 0.3) is 0 Å². The summed E-state index contributed by atoms with van der Waals surface area (Å²) in [6.07, 6.45) is 8.38. The molecule has 2 fully saturated rings. The van der Waals surface area contributed by atoms with Crippen LogP contribution in [-0.2, 0) is 0 Å². The van der Waals surface area contributed by atoms with Gasteiger partial charge in [0.05, 0.1) is 0 Å². The highest BCUT2D eigenvalue weighted by atomic mass is 16.3. The van der Waals surface area contributed by atoms with Gasteiger partial charge in [-0.3, -0.25) is 0 Å². The summed E-state index contributed by atoms with van der Waals surface area (Å²) in [5, 5.41) is 13.4. The molecule has 0 bridgehead atoms.